The van der Waals surface area contributed by atoms with Crippen LogP contribution in [0.4, 0.5) is 5.69 Å². The van der Waals surface area contributed by atoms with Gasteiger partial charge in [-0.05, 0) is 44.5 Å². The van der Waals surface area contributed by atoms with E-state index >= 15 is 0 Å². The highest BCUT2D eigenvalue weighted by molar-refractivity contribution is 9.10. The minimum atomic E-state index is -0.313. The van der Waals surface area contributed by atoms with E-state index in [1.807, 2.05) is 39.0 Å². The summed E-state index contributed by atoms with van der Waals surface area (Å²) in [6.45, 7) is 5.71. The molecule has 6 heteroatoms. The molecule has 2 aromatic rings. The molecule has 2 amide bonds. The number of halogens is 1. The summed E-state index contributed by atoms with van der Waals surface area (Å²) >= 11 is 3.43. The quantitative estimate of drug-likeness (QED) is 0.858. The van der Waals surface area contributed by atoms with Crippen molar-refractivity contribution in [2.24, 2.45) is 0 Å². The van der Waals surface area contributed by atoms with Crippen LogP contribution in [0.1, 0.15) is 40.1 Å². The minimum Gasteiger partial charge on any atom is -0.350 e. The Balaban J connectivity index is 2.16. The Morgan fingerprint density at radius 3 is 2.35 bits per heavy atom. The summed E-state index contributed by atoms with van der Waals surface area (Å²) < 4.78 is 0.915. The Labute approximate surface area is 143 Å². The first-order valence-corrected chi connectivity index (χ1v) is 7.99. The smallest absolute Gasteiger partial charge is 0.257 e. The highest BCUT2D eigenvalue weighted by Gasteiger charge is 2.12. The van der Waals surface area contributed by atoms with E-state index in [-0.39, 0.29) is 17.9 Å². The molecule has 0 bridgehead atoms. The lowest BCUT2D eigenvalue weighted by molar-refractivity contribution is 0.0942. The van der Waals surface area contributed by atoms with Crippen LogP contribution in [0.2, 0.25) is 0 Å². The first-order valence-electron chi connectivity index (χ1n) is 7.20. The number of anilines is 1. The third-order valence-electron chi connectivity index (χ3n) is 3.11. The Morgan fingerprint density at radius 1 is 1.09 bits per heavy atom. The molecular formula is C17H18BrN3O2. The average Bonchev–Trinajstić information content (AvgIpc) is 2.50. The summed E-state index contributed by atoms with van der Waals surface area (Å²) in [7, 11) is 0. The zero-order chi connectivity index (χ0) is 17.0. The number of nitrogens with zero attached hydrogens (tertiary/aromatic N) is 1. The van der Waals surface area contributed by atoms with Crippen molar-refractivity contribution >= 4 is 33.4 Å². The minimum absolute atomic E-state index is 0.0184. The van der Waals surface area contributed by atoms with E-state index in [2.05, 4.69) is 31.5 Å². The molecule has 0 aliphatic heterocycles. The van der Waals surface area contributed by atoms with Crippen molar-refractivity contribution in [3.05, 3.63) is 57.8 Å². The van der Waals surface area contributed by atoms with Gasteiger partial charge in [-0.2, -0.15) is 0 Å². The SMILES string of the molecule is Cc1ccc(NC(=O)c2cncc(C(=O)NC(C)C)c2)cc1Br. The van der Waals surface area contributed by atoms with E-state index in [1.165, 1.54) is 18.5 Å². The van der Waals surface area contributed by atoms with Crippen LogP contribution in [0.5, 0.6) is 0 Å². The zero-order valence-electron chi connectivity index (χ0n) is 13.2. The van der Waals surface area contributed by atoms with Gasteiger partial charge in [0.05, 0.1) is 11.1 Å². The average molecular weight is 376 g/mol. The Kier molecular flexibility index (Phi) is 5.50. The molecule has 0 aliphatic rings. The van der Waals surface area contributed by atoms with Gasteiger partial charge in [-0.25, -0.2) is 0 Å². The van der Waals surface area contributed by atoms with Crippen LogP contribution in [0.3, 0.4) is 0 Å². The summed E-state index contributed by atoms with van der Waals surface area (Å²) in [6.07, 6.45) is 2.88. The van der Waals surface area contributed by atoms with E-state index in [1.54, 1.807) is 0 Å². The molecule has 0 saturated carbocycles. The second kappa shape index (κ2) is 7.37. The second-order valence-electron chi connectivity index (χ2n) is 5.51. The monoisotopic (exact) mass is 375 g/mol. The lowest BCUT2D eigenvalue weighted by Gasteiger charge is -2.10. The van der Waals surface area contributed by atoms with E-state index in [4.69, 9.17) is 0 Å². The van der Waals surface area contributed by atoms with Gasteiger partial charge in [0.15, 0.2) is 0 Å². The summed E-state index contributed by atoms with van der Waals surface area (Å²) in [6, 6.07) is 7.11. The first-order chi connectivity index (χ1) is 10.9. The zero-order valence-corrected chi connectivity index (χ0v) is 14.8. The molecule has 0 unspecified atom stereocenters. The number of benzene rings is 1. The second-order valence-corrected chi connectivity index (χ2v) is 6.36. The van der Waals surface area contributed by atoms with Gasteiger partial charge < -0.3 is 10.6 Å². The predicted octanol–water partition coefficient (Wildman–Crippen LogP) is 3.54. The molecule has 0 saturated heterocycles. The van der Waals surface area contributed by atoms with E-state index in [0.717, 1.165) is 10.0 Å². The maximum absolute atomic E-state index is 12.3. The molecule has 1 aromatic heterocycles. The number of amides is 2. The van der Waals surface area contributed by atoms with Gasteiger partial charge >= 0.3 is 0 Å². The number of carbonyl (C=O) groups excluding carboxylic acids is 2. The summed E-state index contributed by atoms with van der Waals surface area (Å²) in [4.78, 5) is 28.3. The number of carbonyl (C=O) groups is 2. The maximum Gasteiger partial charge on any atom is 0.257 e. The van der Waals surface area contributed by atoms with Gasteiger partial charge in [0, 0.05) is 28.6 Å². The normalized spacial score (nSPS) is 10.5. The highest BCUT2D eigenvalue weighted by Crippen LogP contribution is 2.21. The Bertz CT molecular complexity index is 744. The maximum atomic E-state index is 12.3. The van der Waals surface area contributed by atoms with Crippen molar-refractivity contribution in [2.45, 2.75) is 26.8 Å². The number of rotatable bonds is 4. The summed E-state index contributed by atoms with van der Waals surface area (Å²) in [5, 5.41) is 5.56. The molecule has 2 N–H and O–H groups in total. The number of hydrogen-bond donors (Lipinski definition) is 2. The van der Waals surface area contributed by atoms with Gasteiger partial charge in [-0.1, -0.05) is 22.0 Å². The van der Waals surface area contributed by atoms with Crippen LogP contribution in [0.15, 0.2) is 41.1 Å². The fourth-order valence-electron chi connectivity index (χ4n) is 1.91. The van der Waals surface area contributed by atoms with E-state index < -0.39 is 0 Å². The molecule has 0 fully saturated rings. The van der Waals surface area contributed by atoms with Crippen molar-refractivity contribution in [1.82, 2.24) is 10.3 Å². The van der Waals surface area contributed by atoms with Crippen LogP contribution in [0.25, 0.3) is 0 Å². The highest BCUT2D eigenvalue weighted by atomic mass is 79.9. The largest absolute Gasteiger partial charge is 0.350 e. The number of nitrogens with one attached hydrogen (secondary N) is 2. The molecular weight excluding hydrogens is 358 g/mol. The third-order valence-corrected chi connectivity index (χ3v) is 3.97. The predicted molar refractivity (Wildman–Crippen MR) is 93.7 cm³/mol. The molecule has 2 rings (SSSR count). The van der Waals surface area contributed by atoms with Crippen molar-refractivity contribution < 1.29 is 9.59 Å². The van der Waals surface area contributed by atoms with Gasteiger partial charge in [-0.3, -0.25) is 14.6 Å². The fraction of sp³-hybridized carbons (Fsp3) is 0.235. The number of aryl methyl sites for hydroxylation is 1. The third kappa shape index (κ3) is 4.63. The standard InChI is InChI=1S/C17H18BrN3O2/c1-10(2)20-16(22)12-6-13(9-19-8-12)17(23)21-14-5-4-11(3)15(18)7-14/h4-10H,1-3H3,(H,20,22)(H,21,23). The molecule has 120 valence electrons. The Hall–Kier alpha value is -2.21. The Morgan fingerprint density at radius 2 is 1.74 bits per heavy atom. The number of aromatic nitrogens is 1. The van der Waals surface area contributed by atoms with Gasteiger partial charge in [0.2, 0.25) is 0 Å². The van der Waals surface area contributed by atoms with Crippen LogP contribution in [0, 0.1) is 6.92 Å². The molecule has 23 heavy (non-hydrogen) atoms. The van der Waals surface area contributed by atoms with E-state index in [0.29, 0.717) is 16.8 Å². The van der Waals surface area contributed by atoms with Gasteiger partial charge in [0.25, 0.3) is 11.8 Å². The molecule has 1 heterocycles. The van der Waals surface area contributed by atoms with Crippen LogP contribution in [-0.2, 0) is 0 Å². The topological polar surface area (TPSA) is 71.1 Å². The molecule has 0 spiro atoms. The van der Waals surface area contributed by atoms with Crippen molar-refractivity contribution in [1.29, 1.82) is 0 Å². The lowest BCUT2D eigenvalue weighted by Crippen LogP contribution is -2.30. The molecule has 0 aliphatic carbocycles. The van der Waals surface area contributed by atoms with Gasteiger partial charge in [-0.15, -0.1) is 0 Å². The molecule has 5 nitrogen and oxygen atoms in total. The first kappa shape index (κ1) is 17.1. The van der Waals surface area contributed by atoms with Gasteiger partial charge in [0.1, 0.15) is 0 Å². The van der Waals surface area contributed by atoms with Crippen molar-refractivity contribution in [3.63, 3.8) is 0 Å². The van der Waals surface area contributed by atoms with Crippen LogP contribution < -0.4 is 10.6 Å². The summed E-state index contributed by atoms with van der Waals surface area (Å²) in [5.74, 6) is -0.562. The van der Waals surface area contributed by atoms with Crippen LogP contribution in [-0.4, -0.2) is 22.8 Å². The van der Waals surface area contributed by atoms with E-state index in [9.17, 15) is 9.59 Å². The molecule has 1 aromatic carbocycles. The fourth-order valence-corrected chi connectivity index (χ4v) is 2.29. The molecule has 0 atom stereocenters. The summed E-state index contributed by atoms with van der Waals surface area (Å²) in [5.41, 5.74) is 2.44. The lowest BCUT2D eigenvalue weighted by atomic mass is 10.1. The van der Waals surface area contributed by atoms with Crippen LogP contribution >= 0.6 is 15.9 Å². The molecule has 0 radical (unpaired) electrons. The van der Waals surface area contributed by atoms with Crippen molar-refractivity contribution in [2.75, 3.05) is 5.32 Å². The van der Waals surface area contributed by atoms with Crippen molar-refractivity contribution in [3.8, 4) is 0 Å². The number of hydrogen-bond acceptors (Lipinski definition) is 3. The number of pyridine rings is 1.